The van der Waals surface area contributed by atoms with Crippen molar-refractivity contribution in [1.29, 1.82) is 0 Å². The number of para-hydroxylation sites is 2. The highest BCUT2D eigenvalue weighted by atomic mass is 16.3. The molecule has 0 aliphatic heterocycles. The van der Waals surface area contributed by atoms with E-state index in [2.05, 4.69) is 228 Å². The Kier molecular flexibility index (Phi) is 9.63. The van der Waals surface area contributed by atoms with Gasteiger partial charge in [-0.05, 0) is 105 Å². The minimum absolute atomic E-state index is 0.891. The molecule has 0 N–H and O–H groups in total. The van der Waals surface area contributed by atoms with Crippen LogP contribution < -0.4 is 4.90 Å². The first-order valence-corrected chi connectivity index (χ1v) is 21.8. The van der Waals surface area contributed by atoms with Crippen molar-refractivity contribution < 1.29 is 4.42 Å². The molecule has 300 valence electrons. The van der Waals surface area contributed by atoms with Crippen LogP contribution in [0.15, 0.2) is 235 Å². The zero-order chi connectivity index (χ0) is 42.3. The molecule has 2 aromatic heterocycles. The maximum atomic E-state index is 6.33. The zero-order valence-electron chi connectivity index (χ0n) is 35.2. The van der Waals surface area contributed by atoms with Crippen molar-refractivity contribution in [2.45, 2.75) is 13.8 Å². The first-order chi connectivity index (χ1) is 31.2. The Morgan fingerprint density at radius 2 is 0.905 bits per heavy atom. The highest BCUT2D eigenvalue weighted by Gasteiger charge is 2.19. The number of rotatable bonds is 7. The van der Waals surface area contributed by atoms with Gasteiger partial charge in [0.05, 0.1) is 16.7 Å². The minimum Gasteiger partial charge on any atom is -0.456 e. The van der Waals surface area contributed by atoms with E-state index in [9.17, 15) is 0 Å². The van der Waals surface area contributed by atoms with E-state index in [4.69, 9.17) is 4.42 Å². The lowest BCUT2D eigenvalue weighted by molar-refractivity contribution is 0.668. The molecule has 10 aromatic carbocycles. The minimum atomic E-state index is 0.891. The summed E-state index contributed by atoms with van der Waals surface area (Å²) in [6.07, 6.45) is 0. The molecule has 0 aliphatic carbocycles. The van der Waals surface area contributed by atoms with E-state index in [1.807, 2.05) is 26.0 Å². The fourth-order valence-electron chi connectivity index (χ4n) is 9.31. The van der Waals surface area contributed by atoms with Crippen molar-refractivity contribution in [3.63, 3.8) is 0 Å². The molecule has 12 rings (SSSR count). The van der Waals surface area contributed by atoms with Gasteiger partial charge in [-0.3, -0.25) is 0 Å². The SMILES string of the molecule is CC.c1ccc(-c2ccc(N(c3ccc(-c4ccccc4-c4ccc5c(c4)c4ccccc4n5-c4ccc5c(c4)oc4ccccc45)cc3)c3cccc4ccccc34)cc2)cc1. The topological polar surface area (TPSA) is 21.3 Å². The Morgan fingerprint density at radius 1 is 0.349 bits per heavy atom. The van der Waals surface area contributed by atoms with Gasteiger partial charge in [0.25, 0.3) is 0 Å². The molecular weight excluding hydrogens is 765 g/mol. The molecule has 0 spiro atoms. The third kappa shape index (κ3) is 6.63. The predicted molar refractivity (Wildman–Crippen MR) is 268 cm³/mol. The molecule has 2 heterocycles. The molecule has 3 heteroatoms. The molecule has 0 saturated carbocycles. The summed E-state index contributed by atoms with van der Waals surface area (Å²) >= 11 is 0. The van der Waals surface area contributed by atoms with Crippen LogP contribution in [0.1, 0.15) is 13.8 Å². The summed E-state index contributed by atoms with van der Waals surface area (Å²) in [5.41, 5.74) is 15.7. The van der Waals surface area contributed by atoms with E-state index in [0.29, 0.717) is 0 Å². The van der Waals surface area contributed by atoms with E-state index < -0.39 is 0 Å². The number of nitrogens with zero attached hydrogens (tertiary/aromatic N) is 2. The van der Waals surface area contributed by atoms with Gasteiger partial charge in [-0.2, -0.15) is 0 Å². The summed E-state index contributed by atoms with van der Waals surface area (Å²) in [5.74, 6) is 0. The van der Waals surface area contributed by atoms with Crippen molar-refractivity contribution in [2.75, 3.05) is 4.90 Å². The number of benzene rings is 10. The molecular formula is C60H44N2O. The Labute approximate surface area is 367 Å². The standard InChI is InChI=1S/C58H38N2O.C2H6/c1-2-13-39(14-3-1)40-25-30-44(31-26-40)59(54-23-12-16-41-15-4-5-19-49(41)54)45-32-27-42(28-33-45)47-17-6-7-18-48(47)43-29-36-56-53(37-43)50-20-8-10-22-55(50)60(56)46-34-35-52-51-21-9-11-24-57(51)61-58(52)38-46;1-2/h1-38H;1-2H3. The molecule has 0 radical (unpaired) electrons. The van der Waals surface area contributed by atoms with Gasteiger partial charge in [0.1, 0.15) is 11.2 Å². The Hall–Kier alpha value is -8.14. The molecule has 3 nitrogen and oxygen atoms in total. The average Bonchev–Trinajstić information content (AvgIpc) is 3.90. The third-order valence-corrected chi connectivity index (χ3v) is 12.2. The molecule has 0 bridgehead atoms. The highest BCUT2D eigenvalue weighted by molar-refractivity contribution is 6.12. The summed E-state index contributed by atoms with van der Waals surface area (Å²) < 4.78 is 8.70. The van der Waals surface area contributed by atoms with Crippen LogP contribution in [0.3, 0.4) is 0 Å². The molecule has 0 amide bonds. The molecule has 0 aliphatic rings. The van der Waals surface area contributed by atoms with E-state index >= 15 is 0 Å². The van der Waals surface area contributed by atoms with Gasteiger partial charge in [0, 0.05) is 50.1 Å². The van der Waals surface area contributed by atoms with Crippen molar-refractivity contribution in [1.82, 2.24) is 4.57 Å². The van der Waals surface area contributed by atoms with Crippen LogP contribution in [0.25, 0.3) is 93.6 Å². The number of fused-ring (bicyclic) bond motifs is 7. The van der Waals surface area contributed by atoms with Crippen molar-refractivity contribution in [3.05, 3.63) is 231 Å². The van der Waals surface area contributed by atoms with Gasteiger partial charge in [0.15, 0.2) is 0 Å². The quantitative estimate of drug-likeness (QED) is 0.160. The molecule has 12 aromatic rings. The lowest BCUT2D eigenvalue weighted by Crippen LogP contribution is -2.10. The van der Waals surface area contributed by atoms with Gasteiger partial charge in [-0.25, -0.2) is 0 Å². The maximum Gasteiger partial charge on any atom is 0.137 e. The van der Waals surface area contributed by atoms with Gasteiger partial charge in [-0.15, -0.1) is 0 Å². The van der Waals surface area contributed by atoms with Crippen LogP contribution in [0.5, 0.6) is 0 Å². The number of furan rings is 1. The Morgan fingerprint density at radius 3 is 1.68 bits per heavy atom. The highest BCUT2D eigenvalue weighted by Crippen LogP contribution is 2.43. The average molecular weight is 809 g/mol. The van der Waals surface area contributed by atoms with Crippen molar-refractivity contribution in [2.24, 2.45) is 0 Å². The fourth-order valence-corrected chi connectivity index (χ4v) is 9.31. The van der Waals surface area contributed by atoms with Crippen LogP contribution in [-0.2, 0) is 0 Å². The summed E-state index contributed by atoms with van der Waals surface area (Å²) in [6.45, 7) is 4.00. The van der Waals surface area contributed by atoms with E-state index in [0.717, 1.165) is 50.2 Å². The van der Waals surface area contributed by atoms with Crippen LogP contribution >= 0.6 is 0 Å². The van der Waals surface area contributed by atoms with Crippen LogP contribution in [0.4, 0.5) is 17.1 Å². The third-order valence-electron chi connectivity index (χ3n) is 12.2. The number of hydrogen-bond donors (Lipinski definition) is 0. The van der Waals surface area contributed by atoms with E-state index in [-0.39, 0.29) is 0 Å². The van der Waals surface area contributed by atoms with Crippen LogP contribution in [-0.4, -0.2) is 4.57 Å². The largest absolute Gasteiger partial charge is 0.456 e. The van der Waals surface area contributed by atoms with Crippen molar-refractivity contribution >= 4 is 71.6 Å². The number of anilines is 3. The van der Waals surface area contributed by atoms with Crippen LogP contribution in [0.2, 0.25) is 0 Å². The number of aromatic nitrogens is 1. The fraction of sp³-hybridized carbons (Fsp3) is 0.0333. The van der Waals surface area contributed by atoms with Gasteiger partial charge in [0.2, 0.25) is 0 Å². The first-order valence-electron chi connectivity index (χ1n) is 21.8. The molecule has 63 heavy (non-hydrogen) atoms. The zero-order valence-corrected chi connectivity index (χ0v) is 35.2. The molecule has 0 atom stereocenters. The van der Waals surface area contributed by atoms with Gasteiger partial charge in [-0.1, -0.05) is 172 Å². The summed E-state index contributed by atoms with van der Waals surface area (Å²) in [5, 5.41) is 7.12. The van der Waals surface area contributed by atoms with E-state index in [1.165, 1.54) is 60.4 Å². The smallest absolute Gasteiger partial charge is 0.137 e. The van der Waals surface area contributed by atoms with Gasteiger partial charge < -0.3 is 13.9 Å². The second-order valence-electron chi connectivity index (χ2n) is 15.7. The molecule has 0 saturated heterocycles. The molecule has 0 unspecified atom stereocenters. The van der Waals surface area contributed by atoms with Crippen molar-refractivity contribution in [3.8, 4) is 39.1 Å². The predicted octanol–water partition coefficient (Wildman–Crippen LogP) is 17.3. The second-order valence-corrected chi connectivity index (χ2v) is 15.7. The summed E-state index contributed by atoms with van der Waals surface area (Å²) in [4.78, 5) is 2.38. The van der Waals surface area contributed by atoms with E-state index in [1.54, 1.807) is 0 Å². The second kappa shape index (κ2) is 16.0. The Balaban J connectivity index is 0.00000219. The maximum absolute atomic E-state index is 6.33. The Bertz CT molecular complexity index is 3570. The summed E-state index contributed by atoms with van der Waals surface area (Å²) in [6, 6.07) is 83.0. The first kappa shape index (κ1) is 37.8. The molecule has 0 fully saturated rings. The number of hydrogen-bond acceptors (Lipinski definition) is 2. The lowest BCUT2D eigenvalue weighted by Gasteiger charge is -2.27. The lowest BCUT2D eigenvalue weighted by atomic mass is 9.93. The summed E-state index contributed by atoms with van der Waals surface area (Å²) in [7, 11) is 0. The normalized spacial score (nSPS) is 11.3. The van der Waals surface area contributed by atoms with Gasteiger partial charge >= 0.3 is 0 Å². The monoisotopic (exact) mass is 808 g/mol. The van der Waals surface area contributed by atoms with Crippen LogP contribution in [0, 0.1) is 0 Å².